The van der Waals surface area contributed by atoms with Crippen molar-refractivity contribution in [3.63, 3.8) is 0 Å². The van der Waals surface area contributed by atoms with Crippen molar-refractivity contribution in [1.29, 1.82) is 0 Å². The Morgan fingerprint density at radius 1 is 1.71 bits per heavy atom. The summed E-state index contributed by atoms with van der Waals surface area (Å²) in [6.07, 6.45) is 2.46. The summed E-state index contributed by atoms with van der Waals surface area (Å²) in [5.74, 6) is 0.487. The molecule has 0 saturated heterocycles. The molecule has 5 nitrogen and oxygen atoms in total. The van der Waals surface area contributed by atoms with Gasteiger partial charge in [-0.3, -0.25) is 0 Å². The second-order valence-corrected chi connectivity index (χ2v) is 2.68. The number of nitrogens with zero attached hydrogens (tertiary/aromatic N) is 2. The molecule has 0 aromatic carbocycles. The van der Waals surface area contributed by atoms with Gasteiger partial charge in [0.25, 0.3) is 0 Å². The second kappa shape index (κ2) is 5.06. The van der Waals surface area contributed by atoms with E-state index in [-0.39, 0.29) is 5.84 Å². The standard InChI is InChI=1S/C9H13N3O2/c1-2-6-14-7-4-3-5-11-8(7)9(10)12-13/h3-5,13H,2,6H2,1H3,(H2,10,12). The van der Waals surface area contributed by atoms with Gasteiger partial charge in [0.2, 0.25) is 0 Å². The van der Waals surface area contributed by atoms with Crippen molar-refractivity contribution in [3.05, 3.63) is 24.0 Å². The molecule has 76 valence electrons. The first-order chi connectivity index (χ1) is 6.79. The molecule has 0 unspecified atom stereocenters. The van der Waals surface area contributed by atoms with Crippen LogP contribution in [-0.4, -0.2) is 22.6 Å². The molecule has 0 amide bonds. The smallest absolute Gasteiger partial charge is 0.192 e. The molecule has 14 heavy (non-hydrogen) atoms. The fourth-order valence-corrected chi connectivity index (χ4v) is 0.959. The van der Waals surface area contributed by atoms with E-state index in [1.807, 2.05) is 6.92 Å². The lowest BCUT2D eigenvalue weighted by atomic mass is 10.3. The summed E-state index contributed by atoms with van der Waals surface area (Å²) in [6.45, 7) is 2.58. The van der Waals surface area contributed by atoms with Crippen molar-refractivity contribution in [2.24, 2.45) is 10.9 Å². The van der Waals surface area contributed by atoms with Crippen molar-refractivity contribution < 1.29 is 9.94 Å². The summed E-state index contributed by atoms with van der Waals surface area (Å²) in [5.41, 5.74) is 5.79. The van der Waals surface area contributed by atoms with Crippen LogP contribution in [0.15, 0.2) is 23.5 Å². The third-order valence-corrected chi connectivity index (χ3v) is 1.58. The number of pyridine rings is 1. The molecule has 0 saturated carbocycles. The molecular weight excluding hydrogens is 182 g/mol. The number of oxime groups is 1. The predicted octanol–water partition coefficient (Wildman–Crippen LogP) is 0.965. The monoisotopic (exact) mass is 195 g/mol. The number of amidine groups is 1. The highest BCUT2D eigenvalue weighted by Gasteiger charge is 2.08. The maximum absolute atomic E-state index is 8.51. The van der Waals surface area contributed by atoms with Crippen LogP contribution < -0.4 is 10.5 Å². The largest absolute Gasteiger partial charge is 0.491 e. The van der Waals surface area contributed by atoms with Gasteiger partial charge >= 0.3 is 0 Å². The highest BCUT2D eigenvalue weighted by Crippen LogP contribution is 2.14. The van der Waals surface area contributed by atoms with Crippen molar-refractivity contribution in [2.75, 3.05) is 6.61 Å². The molecule has 0 aliphatic rings. The zero-order valence-electron chi connectivity index (χ0n) is 7.97. The molecule has 0 aliphatic carbocycles. The van der Waals surface area contributed by atoms with Gasteiger partial charge in [-0.15, -0.1) is 0 Å². The molecule has 1 aromatic rings. The van der Waals surface area contributed by atoms with Gasteiger partial charge in [0.1, 0.15) is 5.75 Å². The van der Waals surface area contributed by atoms with Crippen LogP contribution in [0.2, 0.25) is 0 Å². The summed E-state index contributed by atoms with van der Waals surface area (Å²) < 4.78 is 5.37. The van der Waals surface area contributed by atoms with Crippen LogP contribution in [0.25, 0.3) is 0 Å². The fraction of sp³-hybridized carbons (Fsp3) is 0.333. The van der Waals surface area contributed by atoms with Gasteiger partial charge in [0, 0.05) is 6.20 Å². The molecule has 0 bridgehead atoms. The summed E-state index contributed by atoms with van der Waals surface area (Å²) in [7, 11) is 0. The number of ether oxygens (including phenoxy) is 1. The highest BCUT2D eigenvalue weighted by atomic mass is 16.5. The van der Waals surface area contributed by atoms with Gasteiger partial charge in [-0.1, -0.05) is 12.1 Å². The number of hydrogen-bond acceptors (Lipinski definition) is 4. The molecule has 1 aromatic heterocycles. The van der Waals surface area contributed by atoms with Gasteiger partial charge in [0.05, 0.1) is 6.61 Å². The molecular formula is C9H13N3O2. The zero-order valence-corrected chi connectivity index (χ0v) is 7.97. The van der Waals surface area contributed by atoms with E-state index >= 15 is 0 Å². The van der Waals surface area contributed by atoms with Gasteiger partial charge < -0.3 is 15.7 Å². The average molecular weight is 195 g/mol. The Labute approximate surface area is 82.2 Å². The third-order valence-electron chi connectivity index (χ3n) is 1.58. The van der Waals surface area contributed by atoms with Crippen LogP contribution >= 0.6 is 0 Å². The lowest BCUT2D eigenvalue weighted by Crippen LogP contribution is -2.16. The summed E-state index contributed by atoms with van der Waals surface area (Å²) in [4.78, 5) is 3.96. The van der Waals surface area contributed by atoms with Gasteiger partial charge in [-0.2, -0.15) is 0 Å². The predicted molar refractivity (Wildman–Crippen MR) is 52.5 cm³/mol. The van der Waals surface area contributed by atoms with Crippen LogP contribution in [0.5, 0.6) is 5.75 Å². The van der Waals surface area contributed by atoms with E-state index in [9.17, 15) is 0 Å². The lowest BCUT2D eigenvalue weighted by Gasteiger charge is -2.07. The van der Waals surface area contributed by atoms with Gasteiger partial charge in [-0.05, 0) is 18.6 Å². The highest BCUT2D eigenvalue weighted by molar-refractivity contribution is 5.97. The number of aromatic nitrogens is 1. The van der Waals surface area contributed by atoms with E-state index in [0.29, 0.717) is 18.1 Å². The van der Waals surface area contributed by atoms with E-state index < -0.39 is 0 Å². The molecule has 0 fully saturated rings. The van der Waals surface area contributed by atoms with Crippen LogP contribution in [-0.2, 0) is 0 Å². The van der Waals surface area contributed by atoms with Crippen molar-refractivity contribution >= 4 is 5.84 Å². The minimum Gasteiger partial charge on any atom is -0.491 e. The first-order valence-corrected chi connectivity index (χ1v) is 4.35. The minimum absolute atomic E-state index is 0.0447. The first-order valence-electron chi connectivity index (χ1n) is 4.35. The Morgan fingerprint density at radius 3 is 3.14 bits per heavy atom. The number of hydrogen-bond donors (Lipinski definition) is 2. The Balaban J connectivity index is 2.91. The zero-order chi connectivity index (χ0) is 10.4. The van der Waals surface area contributed by atoms with Crippen LogP contribution in [0.4, 0.5) is 0 Å². The van der Waals surface area contributed by atoms with Crippen LogP contribution in [0.1, 0.15) is 19.0 Å². The van der Waals surface area contributed by atoms with Gasteiger partial charge in [-0.25, -0.2) is 4.98 Å². The number of rotatable bonds is 4. The van der Waals surface area contributed by atoms with E-state index in [2.05, 4.69) is 10.1 Å². The molecule has 0 spiro atoms. The van der Waals surface area contributed by atoms with Gasteiger partial charge in [0.15, 0.2) is 11.5 Å². The van der Waals surface area contributed by atoms with Crippen molar-refractivity contribution in [3.8, 4) is 5.75 Å². The lowest BCUT2D eigenvalue weighted by molar-refractivity contribution is 0.310. The van der Waals surface area contributed by atoms with E-state index in [1.54, 1.807) is 18.3 Å². The Bertz CT molecular complexity index is 326. The third kappa shape index (κ3) is 2.35. The minimum atomic E-state index is -0.0447. The summed E-state index contributed by atoms with van der Waals surface area (Å²) in [5, 5.41) is 11.4. The molecule has 1 rings (SSSR count). The summed E-state index contributed by atoms with van der Waals surface area (Å²) >= 11 is 0. The molecule has 0 atom stereocenters. The quantitative estimate of drug-likeness (QED) is 0.324. The molecule has 1 heterocycles. The normalized spacial score (nSPS) is 11.4. The first kappa shape index (κ1) is 10.3. The molecule has 3 N–H and O–H groups in total. The molecule has 5 heteroatoms. The fourth-order valence-electron chi connectivity index (χ4n) is 0.959. The van der Waals surface area contributed by atoms with E-state index in [1.165, 1.54) is 0 Å². The van der Waals surface area contributed by atoms with Crippen LogP contribution in [0.3, 0.4) is 0 Å². The van der Waals surface area contributed by atoms with Crippen molar-refractivity contribution in [1.82, 2.24) is 4.98 Å². The summed E-state index contributed by atoms with van der Waals surface area (Å²) in [6, 6.07) is 3.47. The van der Waals surface area contributed by atoms with E-state index in [4.69, 9.17) is 15.7 Å². The Morgan fingerprint density at radius 2 is 2.50 bits per heavy atom. The molecule has 0 aliphatic heterocycles. The average Bonchev–Trinajstić information content (AvgIpc) is 2.25. The van der Waals surface area contributed by atoms with Crippen LogP contribution in [0, 0.1) is 0 Å². The second-order valence-electron chi connectivity index (χ2n) is 2.68. The number of nitrogens with two attached hydrogens (primary N) is 1. The SMILES string of the molecule is CCCOc1cccnc1/C(N)=N/O. The van der Waals surface area contributed by atoms with E-state index in [0.717, 1.165) is 6.42 Å². The van der Waals surface area contributed by atoms with Crippen molar-refractivity contribution in [2.45, 2.75) is 13.3 Å². The maximum Gasteiger partial charge on any atom is 0.192 e. The topological polar surface area (TPSA) is 80.7 Å². The Kier molecular flexibility index (Phi) is 3.72. The maximum atomic E-state index is 8.51. The molecule has 0 radical (unpaired) electrons. The Hall–Kier alpha value is -1.78.